The predicted molar refractivity (Wildman–Crippen MR) is 125 cm³/mol. The van der Waals surface area contributed by atoms with E-state index in [1.54, 1.807) is 0 Å². The molecule has 0 unspecified atom stereocenters. The zero-order chi connectivity index (χ0) is 22.7. The number of benzene rings is 1. The van der Waals surface area contributed by atoms with Crippen molar-refractivity contribution in [1.29, 1.82) is 0 Å². The van der Waals surface area contributed by atoms with E-state index in [-0.39, 0.29) is 29.2 Å². The number of nitrogens with one attached hydrogen (secondary N) is 2. The number of nitrogen functional groups attached to an aromatic ring is 1. The predicted octanol–water partition coefficient (Wildman–Crippen LogP) is 2.50. The number of nitrogens with two attached hydrogens (primary N) is 1. The fourth-order valence-electron chi connectivity index (χ4n) is 4.21. The van der Waals surface area contributed by atoms with Gasteiger partial charge < -0.3 is 10.7 Å². The number of anilines is 1. The number of hydrogen-bond donors (Lipinski definition) is 3. The summed E-state index contributed by atoms with van der Waals surface area (Å²) in [6.07, 6.45) is 5.58. The summed E-state index contributed by atoms with van der Waals surface area (Å²) in [4.78, 5) is 43.0. The first-order valence-corrected chi connectivity index (χ1v) is 11.8. The molecule has 0 spiro atoms. The van der Waals surface area contributed by atoms with E-state index in [0.29, 0.717) is 5.16 Å². The van der Waals surface area contributed by atoms with Gasteiger partial charge in [-0.25, -0.2) is 4.79 Å². The van der Waals surface area contributed by atoms with Crippen LogP contribution in [0.2, 0.25) is 0 Å². The summed E-state index contributed by atoms with van der Waals surface area (Å²) < 4.78 is 3.40. The van der Waals surface area contributed by atoms with E-state index < -0.39 is 17.0 Å². The van der Waals surface area contributed by atoms with Crippen LogP contribution in [0.15, 0.2) is 45.2 Å². The SMILES string of the molecule is Nc1c(C(=O)CSc2nnc(-c3c[nH]c4ccccc34)n2C2CC2)c(=O)[nH]c(=O)n1C1CC1. The van der Waals surface area contributed by atoms with Crippen LogP contribution >= 0.6 is 11.8 Å². The van der Waals surface area contributed by atoms with Crippen molar-refractivity contribution >= 4 is 34.3 Å². The average Bonchev–Trinajstić information content (AvgIpc) is 3.72. The Morgan fingerprint density at radius 1 is 1.09 bits per heavy atom. The van der Waals surface area contributed by atoms with Crippen LogP contribution in [0, 0.1) is 0 Å². The molecule has 0 amide bonds. The molecule has 168 valence electrons. The quantitative estimate of drug-likeness (QED) is 0.282. The summed E-state index contributed by atoms with van der Waals surface area (Å²) in [6.45, 7) is 0. The highest BCUT2D eigenvalue weighted by atomic mass is 32.2. The Hall–Kier alpha value is -3.60. The van der Waals surface area contributed by atoms with Crippen LogP contribution in [-0.2, 0) is 0 Å². The van der Waals surface area contributed by atoms with E-state index in [1.165, 1.54) is 16.3 Å². The van der Waals surface area contributed by atoms with Gasteiger partial charge in [-0.1, -0.05) is 30.0 Å². The first-order chi connectivity index (χ1) is 16.0. The number of nitrogens with zero attached hydrogens (tertiary/aromatic N) is 4. The summed E-state index contributed by atoms with van der Waals surface area (Å²) in [5.74, 6) is 0.228. The van der Waals surface area contributed by atoms with Gasteiger partial charge in [-0.05, 0) is 31.7 Å². The van der Waals surface area contributed by atoms with Crippen molar-refractivity contribution < 1.29 is 4.79 Å². The highest BCUT2D eigenvalue weighted by Gasteiger charge is 2.32. The van der Waals surface area contributed by atoms with Crippen LogP contribution in [0.3, 0.4) is 0 Å². The van der Waals surface area contributed by atoms with E-state index >= 15 is 0 Å². The standard InChI is InChI=1S/C22H21N7O3S/c23-18-17(20(31)25-21(32)28(18)11-5-6-11)16(30)10-33-22-27-26-19(29(22)12-7-8-12)14-9-24-15-4-2-1-3-13(14)15/h1-4,9,11-12,24H,5-8,10,23H2,(H,25,31,32). The minimum Gasteiger partial charge on any atom is -0.384 e. The van der Waals surface area contributed by atoms with Gasteiger partial charge in [0.05, 0.1) is 5.75 Å². The number of aromatic amines is 2. The van der Waals surface area contributed by atoms with Crippen LogP contribution in [0.1, 0.15) is 48.1 Å². The van der Waals surface area contributed by atoms with E-state index in [0.717, 1.165) is 48.0 Å². The third-order valence-corrected chi connectivity index (χ3v) is 7.06. The number of hydrogen-bond acceptors (Lipinski definition) is 7. The summed E-state index contributed by atoms with van der Waals surface area (Å²) in [5, 5.41) is 10.5. The molecule has 1 aromatic carbocycles. The first kappa shape index (κ1) is 20.0. The fraction of sp³-hybridized carbons (Fsp3) is 0.318. The molecular weight excluding hydrogens is 442 g/mol. The van der Waals surface area contributed by atoms with E-state index in [9.17, 15) is 14.4 Å². The number of carbonyl (C=O) groups is 1. The molecule has 3 heterocycles. The van der Waals surface area contributed by atoms with Gasteiger partial charge in [0.2, 0.25) is 0 Å². The lowest BCUT2D eigenvalue weighted by atomic mass is 10.1. The van der Waals surface area contributed by atoms with Crippen LogP contribution in [0.5, 0.6) is 0 Å². The molecular formula is C22H21N7O3S. The maximum atomic E-state index is 13.0. The number of ketones is 1. The van der Waals surface area contributed by atoms with E-state index in [1.807, 2.05) is 30.5 Å². The van der Waals surface area contributed by atoms with Gasteiger partial charge in [0.1, 0.15) is 11.4 Å². The Balaban J connectivity index is 1.31. The molecule has 0 radical (unpaired) electrons. The lowest BCUT2D eigenvalue weighted by Crippen LogP contribution is -2.36. The molecule has 0 atom stereocenters. The Morgan fingerprint density at radius 2 is 1.82 bits per heavy atom. The fourth-order valence-corrected chi connectivity index (χ4v) is 5.09. The minimum atomic E-state index is -0.747. The van der Waals surface area contributed by atoms with Crippen molar-refractivity contribution in [2.24, 2.45) is 0 Å². The van der Waals surface area contributed by atoms with Crippen LogP contribution in [0.25, 0.3) is 22.3 Å². The minimum absolute atomic E-state index is 0.0328. The summed E-state index contributed by atoms with van der Waals surface area (Å²) >= 11 is 1.23. The molecule has 2 fully saturated rings. The van der Waals surface area contributed by atoms with Crippen LogP contribution in [-0.4, -0.2) is 40.8 Å². The van der Waals surface area contributed by atoms with Gasteiger partial charge in [0.25, 0.3) is 5.56 Å². The van der Waals surface area contributed by atoms with Crippen molar-refractivity contribution in [2.45, 2.75) is 42.9 Å². The largest absolute Gasteiger partial charge is 0.384 e. The van der Waals surface area contributed by atoms with Gasteiger partial charge >= 0.3 is 5.69 Å². The molecule has 2 aliphatic rings. The van der Waals surface area contributed by atoms with Crippen LogP contribution < -0.4 is 17.0 Å². The molecule has 11 heteroatoms. The first-order valence-electron chi connectivity index (χ1n) is 10.8. The molecule has 0 bridgehead atoms. The normalized spacial score (nSPS) is 15.9. The number of carbonyl (C=O) groups excluding carboxylic acids is 1. The Morgan fingerprint density at radius 3 is 2.58 bits per heavy atom. The van der Waals surface area contributed by atoms with Gasteiger partial charge in [-0.15, -0.1) is 10.2 Å². The number of para-hydroxylation sites is 1. The zero-order valence-electron chi connectivity index (χ0n) is 17.6. The second-order valence-corrected chi connectivity index (χ2v) is 9.43. The molecule has 0 aliphatic heterocycles. The Labute approximate surface area is 191 Å². The number of thioether (sulfide) groups is 1. The number of H-pyrrole nitrogens is 2. The molecule has 4 aromatic rings. The van der Waals surface area contributed by atoms with Gasteiger partial charge in [0, 0.05) is 34.7 Å². The summed E-state index contributed by atoms with van der Waals surface area (Å²) in [5.41, 5.74) is 6.58. The van der Waals surface area contributed by atoms with Gasteiger partial charge in [-0.2, -0.15) is 0 Å². The monoisotopic (exact) mass is 463 g/mol. The molecule has 6 rings (SSSR count). The summed E-state index contributed by atoms with van der Waals surface area (Å²) in [7, 11) is 0. The van der Waals surface area contributed by atoms with Crippen molar-refractivity contribution in [3.63, 3.8) is 0 Å². The molecule has 10 nitrogen and oxygen atoms in total. The third-order valence-electron chi connectivity index (χ3n) is 6.11. The van der Waals surface area contributed by atoms with Crippen molar-refractivity contribution in [3.05, 3.63) is 56.9 Å². The highest BCUT2D eigenvalue weighted by Crippen LogP contribution is 2.42. The maximum absolute atomic E-state index is 13.0. The molecule has 4 N–H and O–H groups in total. The molecule has 33 heavy (non-hydrogen) atoms. The number of fused-ring (bicyclic) bond motifs is 1. The summed E-state index contributed by atoms with van der Waals surface area (Å²) in [6, 6.07) is 8.23. The Bertz CT molecular complexity index is 1520. The van der Waals surface area contributed by atoms with Gasteiger partial charge in [0.15, 0.2) is 16.8 Å². The molecule has 3 aromatic heterocycles. The smallest absolute Gasteiger partial charge is 0.330 e. The second kappa shape index (κ2) is 7.48. The number of rotatable bonds is 7. The van der Waals surface area contributed by atoms with Crippen LogP contribution in [0.4, 0.5) is 5.82 Å². The second-order valence-electron chi connectivity index (χ2n) is 8.49. The number of aromatic nitrogens is 6. The highest BCUT2D eigenvalue weighted by molar-refractivity contribution is 7.99. The average molecular weight is 464 g/mol. The Kier molecular flexibility index (Phi) is 4.54. The van der Waals surface area contributed by atoms with Crippen molar-refractivity contribution in [2.75, 3.05) is 11.5 Å². The molecule has 2 saturated carbocycles. The van der Waals surface area contributed by atoms with Crippen molar-refractivity contribution in [3.8, 4) is 11.4 Å². The topological polar surface area (TPSA) is 144 Å². The maximum Gasteiger partial charge on any atom is 0.330 e. The molecule has 2 aliphatic carbocycles. The van der Waals surface area contributed by atoms with Gasteiger partial charge in [-0.3, -0.25) is 23.7 Å². The van der Waals surface area contributed by atoms with E-state index in [2.05, 4.69) is 24.7 Å². The zero-order valence-corrected chi connectivity index (χ0v) is 18.4. The number of Topliss-reactive ketones (excluding diaryl/α,β-unsaturated/α-hetero) is 1. The van der Waals surface area contributed by atoms with E-state index in [4.69, 9.17) is 5.73 Å². The third kappa shape index (κ3) is 3.39. The molecule has 0 saturated heterocycles. The lowest BCUT2D eigenvalue weighted by molar-refractivity contribution is 0.102. The van der Waals surface area contributed by atoms with Crippen molar-refractivity contribution in [1.82, 2.24) is 29.3 Å². The lowest BCUT2D eigenvalue weighted by Gasteiger charge is -2.11.